The van der Waals surface area contributed by atoms with E-state index in [1.165, 1.54) is 25.3 Å². The molecule has 0 fully saturated rings. The summed E-state index contributed by atoms with van der Waals surface area (Å²) < 4.78 is 33.6. The number of benzene rings is 2. The molecule has 1 unspecified atom stereocenters. The Morgan fingerprint density at radius 2 is 1.90 bits per heavy atom. The van der Waals surface area contributed by atoms with Crippen LogP contribution in [0.4, 0.5) is 8.78 Å². The number of hydrogen-bond donors (Lipinski definition) is 1. The van der Waals surface area contributed by atoms with Crippen LogP contribution < -0.4 is 10.1 Å². The smallest absolute Gasteiger partial charge is 0.132 e. The zero-order valence-corrected chi connectivity index (χ0v) is 13.4. The van der Waals surface area contributed by atoms with Crippen LogP contribution in [0.5, 0.6) is 5.75 Å². The summed E-state index contributed by atoms with van der Waals surface area (Å²) in [6, 6.07) is 8.62. The maximum absolute atomic E-state index is 14.3. The number of nitrogens with one attached hydrogen (secondary N) is 1. The number of methoxy groups -OCH3 is 1. The molecular weight excluding hydrogens is 340 g/mol. The first-order valence-electron chi connectivity index (χ1n) is 6.58. The van der Waals surface area contributed by atoms with Crippen molar-refractivity contribution < 1.29 is 13.5 Å². The molecule has 112 valence electrons. The quantitative estimate of drug-likeness (QED) is 0.856. The van der Waals surface area contributed by atoms with E-state index in [4.69, 9.17) is 4.74 Å². The molecule has 0 spiro atoms. The number of rotatable bonds is 5. The molecule has 0 saturated carbocycles. The highest BCUT2D eigenvalue weighted by atomic mass is 79.9. The molecule has 21 heavy (non-hydrogen) atoms. The lowest BCUT2D eigenvalue weighted by Gasteiger charge is -2.21. The van der Waals surface area contributed by atoms with Crippen molar-refractivity contribution in [2.45, 2.75) is 13.0 Å². The van der Waals surface area contributed by atoms with E-state index in [9.17, 15) is 8.78 Å². The van der Waals surface area contributed by atoms with E-state index in [2.05, 4.69) is 21.2 Å². The molecule has 0 saturated heterocycles. The fourth-order valence-corrected chi connectivity index (χ4v) is 2.67. The van der Waals surface area contributed by atoms with Crippen molar-refractivity contribution in [1.29, 1.82) is 0 Å². The third-order valence-corrected chi connectivity index (χ3v) is 3.92. The van der Waals surface area contributed by atoms with Crippen molar-refractivity contribution >= 4 is 15.9 Å². The second kappa shape index (κ2) is 7.00. The molecule has 0 aliphatic carbocycles. The number of halogens is 3. The lowest BCUT2D eigenvalue weighted by molar-refractivity contribution is 0.410. The van der Waals surface area contributed by atoms with Gasteiger partial charge in [0, 0.05) is 16.1 Å². The minimum absolute atomic E-state index is 0.356. The largest absolute Gasteiger partial charge is 0.497 e. The Morgan fingerprint density at radius 3 is 2.52 bits per heavy atom. The zero-order chi connectivity index (χ0) is 15.4. The highest BCUT2D eigenvalue weighted by molar-refractivity contribution is 9.10. The van der Waals surface area contributed by atoms with Crippen LogP contribution in [0.1, 0.15) is 24.1 Å². The fraction of sp³-hybridized carbons (Fsp3) is 0.250. The van der Waals surface area contributed by atoms with Crippen LogP contribution in [-0.4, -0.2) is 13.7 Å². The van der Waals surface area contributed by atoms with Gasteiger partial charge in [0.05, 0.1) is 13.2 Å². The van der Waals surface area contributed by atoms with Gasteiger partial charge in [0.25, 0.3) is 0 Å². The summed E-state index contributed by atoms with van der Waals surface area (Å²) >= 11 is 3.40. The van der Waals surface area contributed by atoms with E-state index in [0.717, 1.165) is 4.47 Å². The maximum Gasteiger partial charge on any atom is 0.132 e. The van der Waals surface area contributed by atoms with Gasteiger partial charge in [0.1, 0.15) is 17.4 Å². The van der Waals surface area contributed by atoms with Gasteiger partial charge in [-0.1, -0.05) is 28.9 Å². The molecule has 0 aliphatic heterocycles. The second-order valence-corrected chi connectivity index (χ2v) is 5.40. The van der Waals surface area contributed by atoms with E-state index in [0.29, 0.717) is 23.4 Å². The first kappa shape index (κ1) is 15.9. The van der Waals surface area contributed by atoms with E-state index in [1.807, 2.05) is 6.92 Å². The predicted molar refractivity (Wildman–Crippen MR) is 82.6 cm³/mol. The standard InChI is InChI=1S/C16H16BrF2NO/c1-3-20-16(13-8-10(18)4-7-14(13)17)12-6-5-11(21-2)9-15(12)19/h4-9,16,20H,3H2,1-2H3. The summed E-state index contributed by atoms with van der Waals surface area (Å²) in [4.78, 5) is 0. The third-order valence-electron chi connectivity index (χ3n) is 3.20. The number of hydrogen-bond acceptors (Lipinski definition) is 2. The molecule has 2 aromatic rings. The molecule has 5 heteroatoms. The topological polar surface area (TPSA) is 21.3 Å². The lowest BCUT2D eigenvalue weighted by atomic mass is 9.98. The van der Waals surface area contributed by atoms with E-state index >= 15 is 0 Å². The van der Waals surface area contributed by atoms with Gasteiger partial charge in [-0.05, 0) is 36.4 Å². The van der Waals surface area contributed by atoms with Gasteiger partial charge in [-0.2, -0.15) is 0 Å². The summed E-state index contributed by atoms with van der Waals surface area (Å²) in [6.45, 7) is 2.54. The van der Waals surface area contributed by atoms with Crippen molar-refractivity contribution in [3.63, 3.8) is 0 Å². The Morgan fingerprint density at radius 1 is 1.14 bits per heavy atom. The Kier molecular flexibility index (Phi) is 5.31. The number of ether oxygens (including phenoxy) is 1. The highest BCUT2D eigenvalue weighted by Gasteiger charge is 2.20. The summed E-state index contributed by atoms with van der Waals surface area (Å²) in [5.74, 6) is -0.300. The Balaban J connectivity index is 2.50. The van der Waals surface area contributed by atoms with Crippen LogP contribution in [-0.2, 0) is 0 Å². The molecule has 0 amide bonds. The molecule has 0 aliphatic rings. The van der Waals surface area contributed by atoms with E-state index in [1.54, 1.807) is 18.2 Å². The van der Waals surface area contributed by atoms with Crippen molar-refractivity contribution in [3.8, 4) is 5.75 Å². The van der Waals surface area contributed by atoms with Gasteiger partial charge < -0.3 is 10.1 Å². The van der Waals surface area contributed by atoms with Crippen LogP contribution in [0.15, 0.2) is 40.9 Å². The van der Waals surface area contributed by atoms with Crippen molar-refractivity contribution in [1.82, 2.24) is 5.32 Å². The molecular formula is C16H16BrF2NO. The average molecular weight is 356 g/mol. The Bertz CT molecular complexity index is 634. The van der Waals surface area contributed by atoms with Gasteiger partial charge in [-0.25, -0.2) is 8.78 Å². The third kappa shape index (κ3) is 3.60. The maximum atomic E-state index is 14.3. The van der Waals surface area contributed by atoms with Gasteiger partial charge in [0.2, 0.25) is 0 Å². The average Bonchev–Trinajstić information content (AvgIpc) is 2.48. The fourth-order valence-electron chi connectivity index (χ4n) is 2.20. The van der Waals surface area contributed by atoms with Gasteiger partial charge in [0.15, 0.2) is 0 Å². The van der Waals surface area contributed by atoms with Crippen LogP contribution in [0.3, 0.4) is 0 Å². The summed E-state index contributed by atoms with van der Waals surface area (Å²) in [5, 5.41) is 3.18. The molecule has 0 radical (unpaired) electrons. The normalized spacial score (nSPS) is 12.2. The van der Waals surface area contributed by atoms with Crippen LogP contribution >= 0.6 is 15.9 Å². The molecule has 2 aromatic carbocycles. The SMILES string of the molecule is CCNC(c1ccc(OC)cc1F)c1cc(F)ccc1Br. The molecule has 0 bridgehead atoms. The summed E-state index contributed by atoms with van der Waals surface area (Å²) in [7, 11) is 1.49. The first-order chi connectivity index (χ1) is 10.1. The zero-order valence-electron chi connectivity index (χ0n) is 11.8. The van der Waals surface area contributed by atoms with Gasteiger partial charge in [-0.15, -0.1) is 0 Å². The molecule has 1 N–H and O–H groups in total. The van der Waals surface area contributed by atoms with E-state index in [-0.39, 0.29) is 5.82 Å². The summed E-state index contributed by atoms with van der Waals surface area (Å²) in [5.41, 5.74) is 1.10. The van der Waals surface area contributed by atoms with Gasteiger partial charge >= 0.3 is 0 Å². The highest BCUT2D eigenvalue weighted by Crippen LogP contribution is 2.32. The van der Waals surface area contributed by atoms with Crippen molar-refractivity contribution in [2.24, 2.45) is 0 Å². The minimum atomic E-state index is -0.439. The van der Waals surface area contributed by atoms with Crippen molar-refractivity contribution in [2.75, 3.05) is 13.7 Å². The molecule has 2 rings (SSSR count). The lowest BCUT2D eigenvalue weighted by Crippen LogP contribution is -2.23. The summed E-state index contributed by atoms with van der Waals surface area (Å²) in [6.07, 6.45) is 0. The molecule has 0 heterocycles. The molecule has 0 aromatic heterocycles. The van der Waals surface area contributed by atoms with Crippen LogP contribution in [0, 0.1) is 11.6 Å². The monoisotopic (exact) mass is 355 g/mol. The minimum Gasteiger partial charge on any atom is -0.497 e. The van der Waals surface area contributed by atoms with Crippen LogP contribution in [0.25, 0.3) is 0 Å². The Hall–Kier alpha value is -1.46. The van der Waals surface area contributed by atoms with E-state index < -0.39 is 11.9 Å². The second-order valence-electron chi connectivity index (χ2n) is 4.54. The van der Waals surface area contributed by atoms with Gasteiger partial charge in [-0.3, -0.25) is 0 Å². The van der Waals surface area contributed by atoms with Crippen molar-refractivity contribution in [3.05, 3.63) is 63.6 Å². The molecule has 2 nitrogen and oxygen atoms in total. The Labute approximate surface area is 131 Å². The molecule has 1 atom stereocenters. The predicted octanol–water partition coefficient (Wildman–Crippen LogP) is 4.43. The van der Waals surface area contributed by atoms with Crippen LogP contribution in [0.2, 0.25) is 0 Å². The first-order valence-corrected chi connectivity index (χ1v) is 7.38.